The molecule has 2 aromatic carbocycles. The van der Waals surface area contributed by atoms with Crippen molar-refractivity contribution in [2.75, 3.05) is 0 Å². The van der Waals surface area contributed by atoms with Crippen molar-refractivity contribution in [2.45, 2.75) is 19.8 Å². The van der Waals surface area contributed by atoms with E-state index in [4.69, 9.17) is 0 Å². The van der Waals surface area contributed by atoms with Gasteiger partial charge in [0.1, 0.15) is 0 Å². The third-order valence-corrected chi connectivity index (χ3v) is 3.30. The van der Waals surface area contributed by atoms with Crippen LogP contribution in [0.2, 0.25) is 0 Å². The second-order valence-electron chi connectivity index (χ2n) is 5.14. The summed E-state index contributed by atoms with van der Waals surface area (Å²) in [5.74, 6) is -4.01. The molecule has 0 aliphatic heterocycles. The fourth-order valence-corrected chi connectivity index (χ4v) is 2.04. The first-order valence-corrected chi connectivity index (χ1v) is 7.51. The normalized spacial score (nSPS) is 12.0. The highest BCUT2D eigenvalue weighted by Gasteiger charge is 2.09. The van der Waals surface area contributed by atoms with Crippen molar-refractivity contribution in [2.24, 2.45) is 10.2 Å². The van der Waals surface area contributed by atoms with Gasteiger partial charge in [0, 0.05) is 5.56 Å². The van der Waals surface area contributed by atoms with Crippen molar-refractivity contribution >= 4 is 12.4 Å². The van der Waals surface area contributed by atoms with Crippen LogP contribution in [0.4, 0.5) is 13.2 Å². The average Bonchev–Trinajstić information content (AvgIpc) is 2.58. The maximum Gasteiger partial charge on any atom is 0.194 e. The molecule has 0 amide bonds. The number of rotatable bonds is 6. The van der Waals surface area contributed by atoms with E-state index in [2.05, 4.69) is 16.3 Å². The Morgan fingerprint density at radius 3 is 2.04 bits per heavy atom. The average molecular weight is 330 g/mol. The lowest BCUT2D eigenvalue weighted by atomic mass is 10.1. The molecule has 0 heterocycles. The second-order valence-corrected chi connectivity index (χ2v) is 5.14. The van der Waals surface area contributed by atoms with E-state index in [1.54, 1.807) is 0 Å². The maximum atomic E-state index is 13.0. The van der Waals surface area contributed by atoms with Gasteiger partial charge < -0.3 is 0 Å². The van der Waals surface area contributed by atoms with Crippen LogP contribution in [0.1, 0.15) is 30.0 Å². The molecule has 2 rings (SSSR count). The predicted molar refractivity (Wildman–Crippen MR) is 91.1 cm³/mol. The minimum Gasteiger partial charge on any atom is -0.204 e. The first-order valence-electron chi connectivity index (χ1n) is 7.51. The Kier molecular flexibility index (Phi) is 6.49. The molecule has 0 saturated carbocycles. The fraction of sp³-hybridized carbons (Fsp3) is 0.158. The molecule has 0 bridgehead atoms. The Hall–Kier alpha value is -2.69. The Morgan fingerprint density at radius 1 is 0.875 bits per heavy atom. The maximum absolute atomic E-state index is 13.0. The summed E-state index contributed by atoms with van der Waals surface area (Å²) in [5, 5.41) is 7.53. The quantitative estimate of drug-likeness (QED) is 0.306. The van der Waals surface area contributed by atoms with E-state index < -0.39 is 17.5 Å². The monoisotopic (exact) mass is 330 g/mol. The highest BCUT2D eigenvalue weighted by Crippen LogP contribution is 2.12. The van der Waals surface area contributed by atoms with Crippen LogP contribution < -0.4 is 0 Å². The molecule has 0 aliphatic carbocycles. The lowest BCUT2D eigenvalue weighted by Crippen LogP contribution is -1.93. The molecule has 2 nitrogen and oxygen atoms in total. The standard InChI is InChI=1S/C19H17F3N2/c1-2-3-4-5-14-6-8-15(9-7-14)12-23-24-13-16-10-17(20)19(22)18(21)11-16/h2-3,6-13H,4-5H2,1H3. The molecule has 0 saturated heterocycles. The zero-order valence-corrected chi connectivity index (χ0v) is 13.2. The van der Waals surface area contributed by atoms with Crippen LogP contribution >= 0.6 is 0 Å². The minimum absolute atomic E-state index is 0.0999. The van der Waals surface area contributed by atoms with Crippen molar-refractivity contribution in [3.05, 3.63) is 82.7 Å². The van der Waals surface area contributed by atoms with Crippen molar-refractivity contribution in [1.82, 2.24) is 0 Å². The molecule has 0 radical (unpaired) electrons. The molecular formula is C19H17F3N2. The summed E-state index contributed by atoms with van der Waals surface area (Å²) in [6, 6.07) is 9.58. The van der Waals surface area contributed by atoms with Gasteiger partial charge in [-0.1, -0.05) is 36.4 Å². The zero-order valence-electron chi connectivity index (χ0n) is 13.2. The Labute approximate surface area is 139 Å². The fourth-order valence-electron chi connectivity index (χ4n) is 2.04. The van der Waals surface area contributed by atoms with E-state index in [0.717, 1.165) is 36.8 Å². The van der Waals surface area contributed by atoms with Crippen molar-refractivity contribution in [1.29, 1.82) is 0 Å². The van der Waals surface area contributed by atoms with Crippen LogP contribution in [0.5, 0.6) is 0 Å². The zero-order chi connectivity index (χ0) is 17.4. The number of aryl methyl sites for hydroxylation is 1. The van der Waals surface area contributed by atoms with E-state index in [9.17, 15) is 13.2 Å². The minimum atomic E-state index is -1.50. The molecular weight excluding hydrogens is 313 g/mol. The molecule has 0 aliphatic rings. The molecule has 5 heteroatoms. The van der Waals surface area contributed by atoms with Crippen molar-refractivity contribution in [3.8, 4) is 0 Å². The summed E-state index contributed by atoms with van der Waals surface area (Å²) in [4.78, 5) is 0. The lowest BCUT2D eigenvalue weighted by molar-refractivity contribution is 0.447. The smallest absolute Gasteiger partial charge is 0.194 e. The van der Waals surface area contributed by atoms with Gasteiger partial charge in [0.15, 0.2) is 17.5 Å². The molecule has 2 aromatic rings. The van der Waals surface area contributed by atoms with E-state index in [-0.39, 0.29) is 5.56 Å². The summed E-state index contributed by atoms with van der Waals surface area (Å²) in [5.41, 5.74) is 2.19. The summed E-state index contributed by atoms with van der Waals surface area (Å²) in [6.45, 7) is 1.99. The molecule has 0 spiro atoms. The number of allylic oxidation sites excluding steroid dienone is 2. The first-order chi connectivity index (χ1) is 11.6. The molecule has 0 fully saturated rings. The van der Waals surface area contributed by atoms with E-state index in [1.165, 1.54) is 11.8 Å². The number of halogens is 3. The van der Waals surface area contributed by atoms with Crippen molar-refractivity contribution < 1.29 is 13.2 Å². The van der Waals surface area contributed by atoms with Gasteiger partial charge >= 0.3 is 0 Å². The molecule has 0 aromatic heterocycles. The number of hydrogen-bond acceptors (Lipinski definition) is 2. The SMILES string of the molecule is CC=CCCc1ccc(C=NN=Cc2cc(F)c(F)c(F)c2)cc1. The molecule has 0 N–H and O–H groups in total. The highest BCUT2D eigenvalue weighted by molar-refractivity contribution is 5.82. The number of benzene rings is 2. The third-order valence-electron chi connectivity index (χ3n) is 3.30. The number of hydrogen-bond donors (Lipinski definition) is 0. The largest absolute Gasteiger partial charge is 0.204 e. The van der Waals surface area contributed by atoms with Gasteiger partial charge in [0.2, 0.25) is 0 Å². The highest BCUT2D eigenvalue weighted by atomic mass is 19.2. The van der Waals surface area contributed by atoms with Gasteiger partial charge in [0.05, 0.1) is 12.4 Å². The Balaban J connectivity index is 1.96. The Morgan fingerprint density at radius 2 is 1.46 bits per heavy atom. The summed E-state index contributed by atoms with van der Waals surface area (Å²) < 4.78 is 38.9. The predicted octanol–water partition coefficient (Wildman–Crippen LogP) is 5.07. The lowest BCUT2D eigenvalue weighted by Gasteiger charge is -1.99. The van der Waals surface area contributed by atoms with Crippen LogP contribution in [0, 0.1) is 17.5 Å². The van der Waals surface area contributed by atoms with Gasteiger partial charge in [-0.05, 0) is 43.0 Å². The van der Waals surface area contributed by atoms with Gasteiger partial charge in [-0.2, -0.15) is 10.2 Å². The molecule has 0 unspecified atom stereocenters. The van der Waals surface area contributed by atoms with E-state index in [1.807, 2.05) is 37.3 Å². The summed E-state index contributed by atoms with van der Waals surface area (Å²) in [7, 11) is 0. The summed E-state index contributed by atoms with van der Waals surface area (Å²) >= 11 is 0. The van der Waals surface area contributed by atoms with Crippen LogP contribution in [0.25, 0.3) is 0 Å². The molecule has 24 heavy (non-hydrogen) atoms. The van der Waals surface area contributed by atoms with E-state index in [0.29, 0.717) is 0 Å². The molecule has 0 atom stereocenters. The van der Waals surface area contributed by atoms with Crippen LogP contribution in [-0.2, 0) is 6.42 Å². The van der Waals surface area contributed by atoms with Crippen molar-refractivity contribution in [3.63, 3.8) is 0 Å². The number of nitrogens with zero attached hydrogens (tertiary/aromatic N) is 2. The van der Waals surface area contributed by atoms with Crippen LogP contribution in [0.15, 0.2) is 58.8 Å². The summed E-state index contributed by atoms with van der Waals surface area (Å²) in [6.07, 6.45) is 8.81. The van der Waals surface area contributed by atoms with Crippen LogP contribution in [0.3, 0.4) is 0 Å². The van der Waals surface area contributed by atoms with Gasteiger partial charge in [-0.25, -0.2) is 13.2 Å². The van der Waals surface area contributed by atoms with E-state index >= 15 is 0 Å². The molecule has 124 valence electrons. The second kappa shape index (κ2) is 8.82. The third kappa shape index (κ3) is 5.19. The van der Waals surface area contributed by atoms with Gasteiger partial charge in [0.25, 0.3) is 0 Å². The first kappa shape index (κ1) is 17.7. The van der Waals surface area contributed by atoms with Gasteiger partial charge in [-0.3, -0.25) is 0 Å². The van der Waals surface area contributed by atoms with Gasteiger partial charge in [-0.15, -0.1) is 0 Å². The topological polar surface area (TPSA) is 24.7 Å². The van der Waals surface area contributed by atoms with Crippen LogP contribution in [-0.4, -0.2) is 12.4 Å². The Bertz CT molecular complexity index is 740.